The first-order valence-electron chi connectivity index (χ1n) is 5.86. The second kappa shape index (κ2) is 6.50. The van der Waals surface area contributed by atoms with E-state index >= 15 is 0 Å². The smallest absolute Gasteiger partial charge is 0.0637 e. The van der Waals surface area contributed by atoms with Gasteiger partial charge in [-0.25, -0.2) is 0 Å². The molecule has 0 unspecified atom stereocenters. The minimum Gasteiger partial charge on any atom is -0.395 e. The van der Waals surface area contributed by atoms with Gasteiger partial charge in [0, 0.05) is 34.6 Å². The van der Waals surface area contributed by atoms with Gasteiger partial charge in [-0.15, -0.1) is 11.3 Å². The molecule has 2 rings (SSSR count). The number of fused-ring (bicyclic) bond motifs is 1. The SMILES string of the molecule is OCCN(CCO)Cc1sc2ccccc2c1Cl. The molecule has 0 aliphatic heterocycles. The van der Waals surface area contributed by atoms with Crippen LogP contribution in [-0.2, 0) is 6.54 Å². The van der Waals surface area contributed by atoms with Gasteiger partial charge in [0.2, 0.25) is 0 Å². The number of benzene rings is 1. The summed E-state index contributed by atoms with van der Waals surface area (Å²) in [7, 11) is 0. The molecule has 18 heavy (non-hydrogen) atoms. The Bertz CT molecular complexity index is 509. The largest absolute Gasteiger partial charge is 0.395 e. The van der Waals surface area contributed by atoms with E-state index in [0.717, 1.165) is 15.3 Å². The minimum absolute atomic E-state index is 0.0858. The molecule has 1 aromatic carbocycles. The molecule has 0 aliphatic rings. The van der Waals surface area contributed by atoms with Crippen molar-refractivity contribution in [3.05, 3.63) is 34.2 Å². The highest BCUT2D eigenvalue weighted by atomic mass is 35.5. The number of aliphatic hydroxyl groups excluding tert-OH is 2. The molecule has 0 spiro atoms. The summed E-state index contributed by atoms with van der Waals surface area (Å²) in [4.78, 5) is 3.08. The third kappa shape index (κ3) is 3.02. The molecule has 2 N–H and O–H groups in total. The van der Waals surface area contributed by atoms with Crippen LogP contribution in [0.15, 0.2) is 24.3 Å². The zero-order valence-electron chi connectivity index (χ0n) is 9.97. The van der Waals surface area contributed by atoms with Crippen LogP contribution in [0, 0.1) is 0 Å². The molecule has 0 bridgehead atoms. The molecule has 0 amide bonds. The summed E-state index contributed by atoms with van der Waals surface area (Å²) in [5, 5.41) is 19.9. The fourth-order valence-electron chi connectivity index (χ4n) is 1.92. The number of hydrogen-bond donors (Lipinski definition) is 2. The van der Waals surface area contributed by atoms with Gasteiger partial charge in [-0.2, -0.15) is 0 Å². The average molecular weight is 286 g/mol. The molecule has 0 saturated heterocycles. The molecule has 3 nitrogen and oxygen atoms in total. The maximum Gasteiger partial charge on any atom is 0.0637 e. The zero-order valence-corrected chi connectivity index (χ0v) is 11.5. The lowest BCUT2D eigenvalue weighted by Crippen LogP contribution is -2.29. The second-order valence-corrected chi connectivity index (χ2v) is 5.57. The van der Waals surface area contributed by atoms with Crippen molar-refractivity contribution < 1.29 is 10.2 Å². The van der Waals surface area contributed by atoms with E-state index in [0.29, 0.717) is 19.6 Å². The van der Waals surface area contributed by atoms with Gasteiger partial charge < -0.3 is 10.2 Å². The van der Waals surface area contributed by atoms with Gasteiger partial charge in [-0.05, 0) is 6.07 Å². The Morgan fingerprint density at radius 1 is 1.11 bits per heavy atom. The fraction of sp³-hybridized carbons (Fsp3) is 0.385. The lowest BCUT2D eigenvalue weighted by molar-refractivity contribution is 0.157. The summed E-state index contributed by atoms with van der Waals surface area (Å²) in [5.41, 5.74) is 0. The molecule has 1 aromatic heterocycles. The molecule has 0 fully saturated rings. The van der Waals surface area contributed by atoms with Crippen molar-refractivity contribution >= 4 is 33.0 Å². The summed E-state index contributed by atoms with van der Waals surface area (Å²) in [6.45, 7) is 1.93. The second-order valence-electron chi connectivity index (χ2n) is 4.06. The molecule has 2 aromatic rings. The number of halogens is 1. The van der Waals surface area contributed by atoms with Crippen molar-refractivity contribution in [2.75, 3.05) is 26.3 Å². The molecular formula is C13H16ClNO2S. The van der Waals surface area contributed by atoms with Crippen LogP contribution in [-0.4, -0.2) is 41.4 Å². The summed E-state index contributed by atoms with van der Waals surface area (Å²) in [6.07, 6.45) is 0. The normalized spacial score (nSPS) is 11.6. The molecule has 0 atom stereocenters. The zero-order chi connectivity index (χ0) is 13.0. The van der Waals surface area contributed by atoms with E-state index in [1.54, 1.807) is 11.3 Å². The summed E-state index contributed by atoms with van der Waals surface area (Å²) < 4.78 is 1.17. The lowest BCUT2D eigenvalue weighted by atomic mass is 10.2. The summed E-state index contributed by atoms with van der Waals surface area (Å²) >= 11 is 8.03. The Morgan fingerprint density at radius 3 is 2.39 bits per heavy atom. The Hall–Kier alpha value is -0.650. The third-order valence-corrected chi connectivity index (χ3v) is 4.50. The molecule has 5 heteroatoms. The molecule has 1 heterocycles. The van der Waals surface area contributed by atoms with Crippen LogP contribution in [0.2, 0.25) is 5.02 Å². The van der Waals surface area contributed by atoms with Crippen LogP contribution >= 0.6 is 22.9 Å². The van der Waals surface area contributed by atoms with Gasteiger partial charge in [0.15, 0.2) is 0 Å². The number of nitrogens with zero attached hydrogens (tertiary/aromatic N) is 1. The van der Waals surface area contributed by atoms with E-state index in [4.69, 9.17) is 21.8 Å². The highest BCUT2D eigenvalue weighted by Gasteiger charge is 2.13. The number of rotatable bonds is 6. The van der Waals surface area contributed by atoms with Crippen LogP contribution in [0.25, 0.3) is 10.1 Å². The van der Waals surface area contributed by atoms with Crippen molar-refractivity contribution in [3.8, 4) is 0 Å². The molecule has 0 radical (unpaired) electrons. The van der Waals surface area contributed by atoms with Gasteiger partial charge in [0.1, 0.15) is 0 Å². The van der Waals surface area contributed by atoms with Crippen molar-refractivity contribution in [2.24, 2.45) is 0 Å². The van der Waals surface area contributed by atoms with E-state index in [2.05, 4.69) is 6.07 Å². The van der Waals surface area contributed by atoms with Crippen molar-refractivity contribution in [1.29, 1.82) is 0 Å². The van der Waals surface area contributed by atoms with E-state index in [1.165, 1.54) is 4.70 Å². The number of thiophene rings is 1. The van der Waals surface area contributed by atoms with E-state index < -0.39 is 0 Å². The predicted octanol–water partition coefficient (Wildman–Crippen LogP) is 2.34. The first-order chi connectivity index (χ1) is 8.76. The highest BCUT2D eigenvalue weighted by Crippen LogP contribution is 2.35. The van der Waals surface area contributed by atoms with Crippen LogP contribution in [0.5, 0.6) is 0 Å². The van der Waals surface area contributed by atoms with Gasteiger partial charge in [-0.1, -0.05) is 29.8 Å². The van der Waals surface area contributed by atoms with Crippen LogP contribution in [0.1, 0.15) is 4.88 Å². The maximum atomic E-state index is 9.00. The third-order valence-electron chi connectivity index (χ3n) is 2.80. The Morgan fingerprint density at radius 2 is 1.78 bits per heavy atom. The lowest BCUT2D eigenvalue weighted by Gasteiger charge is -2.19. The standard InChI is InChI=1S/C13H16ClNO2S/c14-13-10-3-1-2-4-11(10)18-12(13)9-15(5-7-16)6-8-17/h1-4,16-17H,5-9H2. The van der Waals surface area contributed by atoms with Crippen LogP contribution < -0.4 is 0 Å². The first kappa shape index (κ1) is 13.8. The van der Waals surface area contributed by atoms with Gasteiger partial charge >= 0.3 is 0 Å². The monoisotopic (exact) mass is 285 g/mol. The van der Waals surface area contributed by atoms with E-state index in [-0.39, 0.29) is 13.2 Å². The van der Waals surface area contributed by atoms with E-state index in [9.17, 15) is 0 Å². The Labute approximate surface area is 115 Å². The van der Waals surface area contributed by atoms with Crippen LogP contribution in [0.3, 0.4) is 0 Å². The predicted molar refractivity (Wildman–Crippen MR) is 76.3 cm³/mol. The molecule has 0 aliphatic carbocycles. The quantitative estimate of drug-likeness (QED) is 0.856. The number of aliphatic hydroxyl groups is 2. The first-order valence-corrected chi connectivity index (χ1v) is 7.05. The fourth-order valence-corrected chi connectivity index (χ4v) is 3.46. The highest BCUT2D eigenvalue weighted by molar-refractivity contribution is 7.19. The van der Waals surface area contributed by atoms with Crippen molar-refractivity contribution in [3.63, 3.8) is 0 Å². The van der Waals surface area contributed by atoms with Gasteiger partial charge in [-0.3, -0.25) is 4.90 Å². The summed E-state index contributed by atoms with van der Waals surface area (Å²) in [6, 6.07) is 8.04. The topological polar surface area (TPSA) is 43.7 Å². The Balaban J connectivity index is 2.22. The van der Waals surface area contributed by atoms with E-state index in [1.807, 2.05) is 23.1 Å². The van der Waals surface area contributed by atoms with Crippen molar-refractivity contribution in [2.45, 2.75) is 6.54 Å². The van der Waals surface area contributed by atoms with Crippen LogP contribution in [0.4, 0.5) is 0 Å². The number of hydrogen-bond acceptors (Lipinski definition) is 4. The molecule has 0 saturated carbocycles. The van der Waals surface area contributed by atoms with Gasteiger partial charge in [0.05, 0.1) is 18.2 Å². The Kier molecular flexibility index (Phi) is 4.97. The minimum atomic E-state index is 0.0858. The molecule has 98 valence electrons. The average Bonchev–Trinajstić information content (AvgIpc) is 2.68. The maximum absolute atomic E-state index is 9.00. The molecular weight excluding hydrogens is 270 g/mol. The van der Waals surface area contributed by atoms with Crippen molar-refractivity contribution in [1.82, 2.24) is 4.90 Å². The van der Waals surface area contributed by atoms with Gasteiger partial charge in [0.25, 0.3) is 0 Å². The summed E-state index contributed by atoms with van der Waals surface area (Å²) in [5.74, 6) is 0.